The van der Waals surface area contributed by atoms with Crippen molar-refractivity contribution in [2.24, 2.45) is 0 Å². The molecule has 0 radical (unpaired) electrons. The predicted octanol–water partition coefficient (Wildman–Crippen LogP) is 6.48. The van der Waals surface area contributed by atoms with Crippen LogP contribution in [-0.2, 0) is 26.2 Å². The summed E-state index contributed by atoms with van der Waals surface area (Å²) in [4.78, 5) is 28.5. The van der Waals surface area contributed by atoms with Crippen LogP contribution in [0.15, 0.2) is 71.6 Å². The maximum Gasteiger partial charge on any atom is 0.264 e. The third kappa shape index (κ3) is 7.91. The number of aryl methyl sites for hydroxylation is 1. The molecule has 0 aliphatic carbocycles. The Morgan fingerprint density at radius 2 is 1.55 bits per heavy atom. The quantitative estimate of drug-likeness (QED) is 0.295. The van der Waals surface area contributed by atoms with Gasteiger partial charge in [0.2, 0.25) is 11.8 Å². The molecule has 2 amide bonds. The lowest BCUT2D eigenvalue weighted by molar-refractivity contribution is -0.140. The number of sulfonamides is 1. The molecule has 1 N–H and O–H groups in total. The maximum absolute atomic E-state index is 14.0. The van der Waals surface area contributed by atoms with E-state index in [-0.39, 0.29) is 27.2 Å². The van der Waals surface area contributed by atoms with Crippen molar-refractivity contribution in [2.75, 3.05) is 10.8 Å². The first kappa shape index (κ1) is 31.7. The molecule has 0 heterocycles. The molecule has 3 aromatic rings. The standard InChI is InChI=1S/C29H32Cl3N3O4S/c1-19-10-13-23(14-11-19)40(38,39)35(26-16-22(30)12-15-25(26)32)18-27(36)34(17-21-8-6-7-9-24(21)31)20(2)28(37)33-29(3,4)5/h6-16,20H,17-18H2,1-5H3,(H,33,37). The van der Waals surface area contributed by atoms with Gasteiger partial charge in [-0.1, -0.05) is 70.7 Å². The fraction of sp³-hybridized carbons (Fsp3) is 0.310. The molecular formula is C29H32Cl3N3O4S. The van der Waals surface area contributed by atoms with Crippen molar-refractivity contribution in [3.05, 3.63) is 92.9 Å². The lowest BCUT2D eigenvalue weighted by Crippen LogP contribution is -2.54. The number of carbonyl (C=O) groups is 2. The smallest absolute Gasteiger partial charge is 0.264 e. The molecule has 40 heavy (non-hydrogen) atoms. The monoisotopic (exact) mass is 623 g/mol. The van der Waals surface area contributed by atoms with Crippen LogP contribution in [0.4, 0.5) is 5.69 Å². The average Bonchev–Trinajstić information content (AvgIpc) is 2.87. The molecule has 3 aromatic carbocycles. The number of nitrogens with zero attached hydrogens (tertiary/aromatic N) is 2. The second-order valence-corrected chi connectivity index (χ2v) is 13.6. The summed E-state index contributed by atoms with van der Waals surface area (Å²) < 4.78 is 28.8. The molecular weight excluding hydrogens is 593 g/mol. The topological polar surface area (TPSA) is 86.8 Å². The fourth-order valence-electron chi connectivity index (χ4n) is 3.89. The molecule has 0 saturated carbocycles. The Labute approximate surface area is 251 Å². The van der Waals surface area contributed by atoms with Crippen LogP contribution in [0.2, 0.25) is 15.1 Å². The number of carbonyl (C=O) groups excluding carboxylic acids is 2. The molecule has 0 fully saturated rings. The molecule has 0 spiro atoms. The minimum Gasteiger partial charge on any atom is -0.350 e. The summed E-state index contributed by atoms with van der Waals surface area (Å²) in [6, 6.07) is 16.6. The maximum atomic E-state index is 14.0. The van der Waals surface area contributed by atoms with Gasteiger partial charge in [0.25, 0.3) is 10.0 Å². The SMILES string of the molecule is Cc1ccc(S(=O)(=O)N(CC(=O)N(Cc2ccccc2Cl)C(C)C(=O)NC(C)(C)C)c2cc(Cl)ccc2Cl)cc1. The number of rotatable bonds is 9. The summed E-state index contributed by atoms with van der Waals surface area (Å²) in [6.45, 7) is 8.23. The normalized spacial score (nSPS) is 12.5. The van der Waals surface area contributed by atoms with Crippen LogP contribution in [0.25, 0.3) is 0 Å². The highest BCUT2D eigenvalue weighted by Gasteiger charge is 2.34. The van der Waals surface area contributed by atoms with Crippen LogP contribution in [0.1, 0.15) is 38.8 Å². The summed E-state index contributed by atoms with van der Waals surface area (Å²) in [5.74, 6) is -1.04. The van der Waals surface area contributed by atoms with Crippen LogP contribution >= 0.6 is 34.8 Å². The molecule has 0 aromatic heterocycles. The zero-order chi connectivity index (χ0) is 29.8. The van der Waals surface area contributed by atoms with Gasteiger partial charge in [-0.05, 0) is 76.6 Å². The Hall–Kier alpha value is -2.78. The van der Waals surface area contributed by atoms with Gasteiger partial charge in [-0.15, -0.1) is 0 Å². The van der Waals surface area contributed by atoms with Crippen LogP contribution in [0.3, 0.4) is 0 Å². The van der Waals surface area contributed by atoms with Gasteiger partial charge in [0.05, 0.1) is 15.6 Å². The van der Waals surface area contributed by atoms with Crippen LogP contribution in [0.5, 0.6) is 0 Å². The summed E-state index contributed by atoms with van der Waals surface area (Å²) in [5.41, 5.74) is 0.945. The summed E-state index contributed by atoms with van der Waals surface area (Å²) in [7, 11) is -4.28. The number of nitrogens with one attached hydrogen (secondary N) is 1. The van der Waals surface area contributed by atoms with E-state index < -0.39 is 40.0 Å². The number of hydrogen-bond donors (Lipinski definition) is 1. The van der Waals surface area contributed by atoms with Crippen molar-refractivity contribution in [3.8, 4) is 0 Å². The minimum absolute atomic E-state index is 0.0288. The largest absolute Gasteiger partial charge is 0.350 e. The van der Waals surface area contributed by atoms with Crippen molar-refractivity contribution < 1.29 is 18.0 Å². The van der Waals surface area contributed by atoms with Gasteiger partial charge < -0.3 is 10.2 Å². The van der Waals surface area contributed by atoms with Crippen molar-refractivity contribution in [1.29, 1.82) is 0 Å². The van der Waals surface area contributed by atoms with Gasteiger partial charge in [0.15, 0.2) is 0 Å². The molecule has 0 bridgehead atoms. The van der Waals surface area contributed by atoms with Gasteiger partial charge in [-0.25, -0.2) is 8.42 Å². The average molecular weight is 625 g/mol. The highest BCUT2D eigenvalue weighted by molar-refractivity contribution is 7.92. The molecule has 0 aliphatic rings. The number of halogens is 3. The van der Waals surface area contributed by atoms with E-state index in [0.29, 0.717) is 10.6 Å². The van der Waals surface area contributed by atoms with E-state index in [4.69, 9.17) is 34.8 Å². The van der Waals surface area contributed by atoms with Gasteiger partial charge >= 0.3 is 0 Å². The van der Waals surface area contributed by atoms with Crippen molar-refractivity contribution >= 4 is 62.3 Å². The molecule has 0 saturated heterocycles. The van der Waals surface area contributed by atoms with E-state index in [0.717, 1.165) is 9.87 Å². The zero-order valence-electron chi connectivity index (χ0n) is 22.9. The highest BCUT2D eigenvalue weighted by Crippen LogP contribution is 2.33. The number of benzene rings is 3. The zero-order valence-corrected chi connectivity index (χ0v) is 26.0. The van der Waals surface area contributed by atoms with Crippen molar-refractivity contribution in [1.82, 2.24) is 10.2 Å². The van der Waals surface area contributed by atoms with Gasteiger partial charge in [-0.3, -0.25) is 13.9 Å². The second-order valence-electron chi connectivity index (χ2n) is 10.4. The first-order valence-corrected chi connectivity index (χ1v) is 15.1. The van der Waals surface area contributed by atoms with Crippen LogP contribution in [-0.4, -0.2) is 43.3 Å². The second kappa shape index (κ2) is 12.8. The van der Waals surface area contributed by atoms with Crippen LogP contribution < -0.4 is 9.62 Å². The molecule has 11 heteroatoms. The summed E-state index contributed by atoms with van der Waals surface area (Å²) in [5, 5.41) is 3.61. The van der Waals surface area contributed by atoms with Gasteiger partial charge in [0.1, 0.15) is 12.6 Å². The molecule has 1 atom stereocenters. The summed E-state index contributed by atoms with van der Waals surface area (Å²) in [6.07, 6.45) is 0. The van der Waals surface area contributed by atoms with E-state index in [1.165, 1.54) is 35.2 Å². The highest BCUT2D eigenvalue weighted by atomic mass is 35.5. The van der Waals surface area contributed by atoms with Crippen LogP contribution in [0, 0.1) is 6.92 Å². The Morgan fingerprint density at radius 3 is 2.15 bits per heavy atom. The molecule has 214 valence electrons. The summed E-state index contributed by atoms with van der Waals surface area (Å²) >= 11 is 19.0. The Balaban J connectivity index is 2.09. The van der Waals surface area contributed by atoms with E-state index >= 15 is 0 Å². The van der Waals surface area contributed by atoms with Gasteiger partial charge in [-0.2, -0.15) is 0 Å². The molecule has 3 rings (SSSR count). The Kier molecular flexibility index (Phi) is 10.2. The van der Waals surface area contributed by atoms with E-state index in [2.05, 4.69) is 5.32 Å². The third-order valence-corrected chi connectivity index (χ3v) is 8.73. The first-order chi connectivity index (χ1) is 18.6. The minimum atomic E-state index is -4.28. The number of amides is 2. The Morgan fingerprint density at radius 1 is 0.925 bits per heavy atom. The Bertz CT molecular complexity index is 1490. The molecule has 1 unspecified atom stereocenters. The number of hydrogen-bond acceptors (Lipinski definition) is 4. The number of anilines is 1. The van der Waals surface area contributed by atoms with Gasteiger partial charge in [0, 0.05) is 22.1 Å². The third-order valence-electron chi connectivity index (χ3n) is 6.03. The first-order valence-electron chi connectivity index (χ1n) is 12.5. The van der Waals surface area contributed by atoms with Crippen molar-refractivity contribution in [2.45, 2.75) is 57.6 Å². The molecule has 0 aliphatic heterocycles. The molecule has 7 nitrogen and oxygen atoms in total. The van der Waals surface area contributed by atoms with E-state index in [1.54, 1.807) is 43.3 Å². The fourth-order valence-corrected chi connectivity index (χ4v) is 5.95. The predicted molar refractivity (Wildman–Crippen MR) is 162 cm³/mol. The van der Waals surface area contributed by atoms with E-state index in [9.17, 15) is 18.0 Å². The van der Waals surface area contributed by atoms with E-state index in [1.807, 2.05) is 27.7 Å². The lowest BCUT2D eigenvalue weighted by atomic mass is 10.1. The lowest BCUT2D eigenvalue weighted by Gasteiger charge is -2.33. The van der Waals surface area contributed by atoms with Crippen molar-refractivity contribution in [3.63, 3.8) is 0 Å².